The maximum Gasteiger partial charge on any atom is 0.469 e. The van der Waals surface area contributed by atoms with Crippen LogP contribution in [0.4, 0.5) is 0 Å². The van der Waals surface area contributed by atoms with Crippen LogP contribution in [0.5, 0.6) is 0 Å². The average molecular weight is 339 g/mol. The zero-order valence-electron chi connectivity index (χ0n) is 12.7. The molecule has 1 unspecified atom stereocenters. The van der Waals surface area contributed by atoms with Gasteiger partial charge in [0.1, 0.15) is 26.2 Å². The first kappa shape index (κ1) is 20.0. The highest BCUT2D eigenvalue weighted by atomic mass is 31.2. The summed E-state index contributed by atoms with van der Waals surface area (Å²) in [4.78, 5) is 17.7. The highest BCUT2D eigenvalue weighted by Gasteiger charge is 2.47. The van der Waals surface area contributed by atoms with Crippen LogP contribution in [0.15, 0.2) is 0 Å². The maximum atomic E-state index is 10.9. The Kier molecular flexibility index (Phi) is 8.48. The molecule has 4 N–H and O–H groups in total. The van der Waals surface area contributed by atoms with Gasteiger partial charge in [0.25, 0.3) is 0 Å². The lowest BCUT2D eigenvalue weighted by Crippen LogP contribution is -2.41. The van der Waals surface area contributed by atoms with Crippen molar-refractivity contribution in [3.05, 3.63) is 0 Å². The first-order valence-electron chi connectivity index (χ1n) is 6.87. The van der Waals surface area contributed by atoms with Crippen LogP contribution in [0.2, 0.25) is 0 Å². The van der Waals surface area contributed by atoms with Crippen LogP contribution in [-0.4, -0.2) is 81.5 Å². The van der Waals surface area contributed by atoms with Gasteiger partial charge in [0.15, 0.2) is 0 Å². The monoisotopic (exact) mass is 339 g/mol. The first-order valence-corrected chi connectivity index (χ1v) is 8.40. The van der Waals surface area contributed by atoms with E-state index in [1.807, 2.05) is 0 Å². The molecule has 1 rings (SSSR count). The lowest BCUT2D eigenvalue weighted by molar-refractivity contribution is -0.0746. The molecule has 5 atom stereocenters. The number of rotatable bonds is 10. The molecule has 0 spiro atoms. The van der Waals surface area contributed by atoms with Gasteiger partial charge in [0, 0.05) is 19.7 Å². The minimum Gasteiger partial charge on any atom is -0.378 e. The van der Waals surface area contributed by atoms with Gasteiger partial charge in [-0.05, 0) is 6.92 Å². The van der Waals surface area contributed by atoms with Crippen molar-refractivity contribution in [2.75, 3.05) is 33.5 Å². The summed E-state index contributed by atoms with van der Waals surface area (Å²) in [5, 5.41) is 0. The molecule has 0 saturated carbocycles. The number of hydrogen-bond donors (Lipinski definition) is 3. The molecular weight excluding hydrogens is 316 g/mol. The minimum atomic E-state index is -4.63. The Hall–Kier alpha value is -0.0251. The molecule has 0 aliphatic carbocycles. The largest absolute Gasteiger partial charge is 0.469 e. The van der Waals surface area contributed by atoms with Crippen molar-refractivity contribution in [1.82, 2.24) is 0 Å². The van der Waals surface area contributed by atoms with Gasteiger partial charge in [-0.2, -0.15) is 0 Å². The number of hydrogen-bond acceptors (Lipinski definition) is 7. The molecular formula is C11H23BNO8P. The summed E-state index contributed by atoms with van der Waals surface area (Å²) in [6.45, 7) is 2.93. The standard InChI is InChI=1S/C11H23BNO8P/c1-7(21-22(14,15)16)8-9(17-2)10(11(12)20-8)19-6-5-18-4-3-13/h7-11H,3-6,13H2,1-2H3,(H2,14,15,16)/t7?,8-,9-,10-,11-/m1/s1. The lowest BCUT2D eigenvalue weighted by Gasteiger charge is -2.26. The summed E-state index contributed by atoms with van der Waals surface area (Å²) in [7, 11) is 2.64. The summed E-state index contributed by atoms with van der Waals surface area (Å²) >= 11 is 0. The lowest BCUT2D eigenvalue weighted by atomic mass is 9.92. The normalized spacial score (nSPS) is 30.6. The van der Waals surface area contributed by atoms with Gasteiger partial charge < -0.3 is 34.5 Å². The smallest absolute Gasteiger partial charge is 0.378 e. The summed E-state index contributed by atoms with van der Waals surface area (Å²) in [5.41, 5.74) is 5.30. The highest BCUT2D eigenvalue weighted by molar-refractivity contribution is 7.46. The number of ether oxygens (including phenoxy) is 4. The number of phosphoric acid groups is 1. The van der Waals surface area contributed by atoms with Crippen molar-refractivity contribution in [2.45, 2.75) is 37.3 Å². The third-order valence-electron chi connectivity index (χ3n) is 3.12. The molecule has 0 aromatic rings. The summed E-state index contributed by atoms with van der Waals surface area (Å²) in [5.74, 6) is 0. The molecule has 1 heterocycles. The van der Waals surface area contributed by atoms with Crippen LogP contribution in [0, 0.1) is 0 Å². The molecule has 1 aliphatic rings. The average Bonchev–Trinajstić information content (AvgIpc) is 2.73. The SMILES string of the molecule is [B][C@@H]1O[C@H](C(C)OP(=O)(O)O)[C@@H](OC)[C@H]1OCCOCCN. The van der Waals surface area contributed by atoms with Gasteiger partial charge >= 0.3 is 7.82 Å². The molecule has 1 saturated heterocycles. The Morgan fingerprint density at radius 2 is 2.00 bits per heavy atom. The van der Waals surface area contributed by atoms with Crippen LogP contribution >= 0.6 is 7.82 Å². The van der Waals surface area contributed by atoms with E-state index in [0.717, 1.165) is 0 Å². The predicted octanol–water partition coefficient (Wildman–Crippen LogP) is -1.25. The minimum absolute atomic E-state index is 0.266. The van der Waals surface area contributed by atoms with Gasteiger partial charge in [-0.1, -0.05) is 0 Å². The second kappa shape index (κ2) is 9.31. The fourth-order valence-electron chi connectivity index (χ4n) is 2.25. The molecule has 1 fully saturated rings. The quantitative estimate of drug-likeness (QED) is 0.254. The Balaban J connectivity index is 2.55. The number of methoxy groups -OCH3 is 1. The zero-order chi connectivity index (χ0) is 16.8. The van der Waals surface area contributed by atoms with E-state index in [1.165, 1.54) is 14.0 Å². The van der Waals surface area contributed by atoms with E-state index < -0.39 is 38.2 Å². The summed E-state index contributed by atoms with van der Waals surface area (Å²) < 4.78 is 37.1. The number of nitrogens with two attached hydrogens (primary N) is 1. The molecule has 1 aliphatic heterocycles. The molecule has 0 bridgehead atoms. The fourth-order valence-corrected chi connectivity index (χ4v) is 2.80. The Labute approximate surface area is 131 Å². The molecule has 0 aromatic carbocycles. The highest BCUT2D eigenvalue weighted by Crippen LogP contribution is 2.40. The summed E-state index contributed by atoms with van der Waals surface area (Å²) in [6, 6.07) is -0.799. The predicted molar refractivity (Wildman–Crippen MR) is 77.4 cm³/mol. The summed E-state index contributed by atoms with van der Waals surface area (Å²) in [6.07, 6.45) is -2.90. The van der Waals surface area contributed by atoms with Gasteiger partial charge in [0.05, 0.1) is 25.9 Å². The van der Waals surface area contributed by atoms with Gasteiger partial charge in [-0.3, -0.25) is 4.52 Å². The Morgan fingerprint density at radius 3 is 2.55 bits per heavy atom. The van der Waals surface area contributed by atoms with E-state index in [9.17, 15) is 4.57 Å². The second-order valence-corrected chi connectivity index (χ2v) is 6.00. The van der Waals surface area contributed by atoms with Crippen molar-refractivity contribution >= 4 is 15.7 Å². The van der Waals surface area contributed by atoms with Crippen LogP contribution in [0.3, 0.4) is 0 Å². The Morgan fingerprint density at radius 1 is 1.32 bits per heavy atom. The van der Waals surface area contributed by atoms with Crippen LogP contribution in [0.25, 0.3) is 0 Å². The van der Waals surface area contributed by atoms with Crippen LogP contribution < -0.4 is 5.73 Å². The van der Waals surface area contributed by atoms with E-state index in [-0.39, 0.29) is 6.61 Å². The van der Waals surface area contributed by atoms with Crippen LogP contribution in [0.1, 0.15) is 6.92 Å². The first-order chi connectivity index (χ1) is 10.3. The van der Waals surface area contributed by atoms with Crippen molar-refractivity contribution in [3.8, 4) is 0 Å². The fraction of sp³-hybridized carbons (Fsp3) is 1.00. The second-order valence-electron chi connectivity index (χ2n) is 4.80. The van der Waals surface area contributed by atoms with Crippen LogP contribution in [-0.2, 0) is 28.0 Å². The van der Waals surface area contributed by atoms with E-state index in [2.05, 4.69) is 4.52 Å². The molecule has 9 nitrogen and oxygen atoms in total. The van der Waals surface area contributed by atoms with E-state index in [0.29, 0.717) is 19.8 Å². The number of phosphoric ester groups is 1. The van der Waals surface area contributed by atoms with Gasteiger partial charge in [-0.25, -0.2) is 4.57 Å². The molecule has 128 valence electrons. The van der Waals surface area contributed by atoms with Crippen molar-refractivity contribution < 1.29 is 37.8 Å². The molecule has 11 heteroatoms. The molecule has 0 aromatic heterocycles. The molecule has 22 heavy (non-hydrogen) atoms. The topological polar surface area (TPSA) is 130 Å². The Bertz CT molecular complexity index is 370. The van der Waals surface area contributed by atoms with E-state index in [4.69, 9.17) is 42.3 Å². The van der Waals surface area contributed by atoms with Gasteiger partial charge in [0.2, 0.25) is 0 Å². The van der Waals surface area contributed by atoms with Crippen molar-refractivity contribution in [2.24, 2.45) is 5.73 Å². The molecule has 0 amide bonds. The van der Waals surface area contributed by atoms with Crippen molar-refractivity contribution in [1.29, 1.82) is 0 Å². The third-order valence-corrected chi connectivity index (χ3v) is 3.73. The van der Waals surface area contributed by atoms with E-state index >= 15 is 0 Å². The van der Waals surface area contributed by atoms with E-state index in [1.54, 1.807) is 0 Å². The molecule has 2 radical (unpaired) electrons. The van der Waals surface area contributed by atoms with Gasteiger partial charge in [-0.15, -0.1) is 0 Å². The zero-order valence-corrected chi connectivity index (χ0v) is 13.6. The maximum absolute atomic E-state index is 10.9. The van der Waals surface area contributed by atoms with Crippen molar-refractivity contribution in [3.63, 3.8) is 0 Å². The third kappa shape index (κ3) is 6.23.